The van der Waals surface area contributed by atoms with Crippen LogP contribution in [0.25, 0.3) is 0 Å². The smallest absolute Gasteiger partial charge is 0.303 e. The lowest BCUT2D eigenvalue weighted by molar-refractivity contribution is -0.696. The van der Waals surface area contributed by atoms with Crippen molar-refractivity contribution in [3.63, 3.8) is 0 Å². The van der Waals surface area contributed by atoms with Crippen LogP contribution in [-0.4, -0.2) is 15.6 Å². The minimum atomic E-state index is -0.688. The van der Waals surface area contributed by atoms with Gasteiger partial charge in [-0.25, -0.2) is 9.13 Å². The molecular weight excluding hydrogens is 192 g/mol. The average molecular weight is 211 g/mol. The zero-order chi connectivity index (χ0) is 11.1. The van der Waals surface area contributed by atoms with E-state index in [1.54, 1.807) is 0 Å². The van der Waals surface area contributed by atoms with Crippen LogP contribution in [0.15, 0.2) is 18.7 Å². The normalized spacial score (nSPS) is 10.5. The van der Waals surface area contributed by atoms with Crippen LogP contribution in [0.1, 0.15) is 32.1 Å². The van der Waals surface area contributed by atoms with Crippen molar-refractivity contribution in [2.45, 2.75) is 38.6 Å². The van der Waals surface area contributed by atoms with E-state index in [2.05, 4.69) is 17.1 Å². The van der Waals surface area contributed by atoms with Crippen molar-refractivity contribution in [3.8, 4) is 0 Å². The van der Waals surface area contributed by atoms with Gasteiger partial charge in [-0.3, -0.25) is 4.79 Å². The number of hydrogen-bond donors (Lipinski definition) is 1. The molecule has 0 radical (unpaired) electrons. The summed E-state index contributed by atoms with van der Waals surface area (Å²) in [5.41, 5.74) is 0. The molecule has 0 amide bonds. The lowest BCUT2D eigenvalue weighted by Crippen LogP contribution is -2.30. The Morgan fingerprint density at radius 1 is 1.33 bits per heavy atom. The van der Waals surface area contributed by atoms with Crippen LogP contribution >= 0.6 is 0 Å². The van der Waals surface area contributed by atoms with Gasteiger partial charge in [0, 0.05) is 6.42 Å². The van der Waals surface area contributed by atoms with Gasteiger partial charge in [0.2, 0.25) is 6.33 Å². The molecule has 1 N–H and O–H groups in total. The zero-order valence-electron chi connectivity index (χ0n) is 9.22. The second-order valence-corrected chi connectivity index (χ2v) is 3.87. The summed E-state index contributed by atoms with van der Waals surface area (Å²) >= 11 is 0. The summed E-state index contributed by atoms with van der Waals surface area (Å²) in [5.74, 6) is -0.688. The van der Waals surface area contributed by atoms with Crippen LogP contribution in [-0.2, 0) is 18.4 Å². The molecule has 4 nitrogen and oxygen atoms in total. The summed E-state index contributed by atoms with van der Waals surface area (Å²) in [4.78, 5) is 10.2. The molecule has 0 aliphatic carbocycles. The highest BCUT2D eigenvalue weighted by Crippen LogP contribution is 2.02. The molecule has 0 aliphatic heterocycles. The Morgan fingerprint density at radius 2 is 2.07 bits per heavy atom. The molecule has 1 aromatic heterocycles. The summed E-state index contributed by atoms with van der Waals surface area (Å²) in [5, 5.41) is 8.44. The van der Waals surface area contributed by atoms with Gasteiger partial charge in [0.1, 0.15) is 12.4 Å². The minimum absolute atomic E-state index is 0.304. The second kappa shape index (κ2) is 6.22. The minimum Gasteiger partial charge on any atom is -0.481 e. The van der Waals surface area contributed by atoms with Crippen molar-refractivity contribution >= 4 is 5.97 Å². The highest BCUT2D eigenvalue weighted by molar-refractivity contribution is 5.66. The van der Waals surface area contributed by atoms with Crippen LogP contribution in [0.2, 0.25) is 0 Å². The largest absolute Gasteiger partial charge is 0.481 e. The number of aryl methyl sites for hydroxylation is 2. The van der Waals surface area contributed by atoms with Gasteiger partial charge in [0.05, 0.1) is 13.6 Å². The van der Waals surface area contributed by atoms with Crippen molar-refractivity contribution < 1.29 is 14.5 Å². The molecule has 0 atom stereocenters. The molecule has 15 heavy (non-hydrogen) atoms. The summed E-state index contributed by atoms with van der Waals surface area (Å²) < 4.78 is 4.17. The van der Waals surface area contributed by atoms with E-state index >= 15 is 0 Å². The van der Waals surface area contributed by atoms with Gasteiger partial charge in [0.15, 0.2) is 0 Å². The molecule has 0 saturated heterocycles. The Labute approximate surface area is 90.2 Å². The number of rotatable bonds is 7. The molecule has 0 aromatic carbocycles. The van der Waals surface area contributed by atoms with Gasteiger partial charge in [-0.15, -0.1) is 0 Å². The van der Waals surface area contributed by atoms with E-state index in [1.165, 1.54) is 0 Å². The number of aliphatic carboxylic acids is 1. The third kappa shape index (κ3) is 5.20. The first-order valence-electron chi connectivity index (χ1n) is 5.41. The van der Waals surface area contributed by atoms with Gasteiger partial charge in [0.25, 0.3) is 0 Å². The van der Waals surface area contributed by atoms with E-state index < -0.39 is 5.97 Å². The van der Waals surface area contributed by atoms with E-state index in [4.69, 9.17) is 5.11 Å². The Balaban J connectivity index is 2.00. The van der Waals surface area contributed by atoms with Gasteiger partial charge < -0.3 is 5.11 Å². The zero-order valence-corrected chi connectivity index (χ0v) is 9.22. The SMILES string of the molecule is Cn1cc[n+](CCCCCCC(=O)O)c1. The summed E-state index contributed by atoms with van der Waals surface area (Å²) in [6.07, 6.45) is 10.5. The van der Waals surface area contributed by atoms with Crippen molar-refractivity contribution in [3.05, 3.63) is 18.7 Å². The maximum atomic E-state index is 10.2. The fourth-order valence-electron chi connectivity index (χ4n) is 1.56. The quantitative estimate of drug-likeness (QED) is 0.546. The fraction of sp³-hybridized carbons (Fsp3) is 0.636. The van der Waals surface area contributed by atoms with Crippen molar-refractivity contribution in [2.24, 2.45) is 7.05 Å². The summed E-state index contributed by atoms with van der Waals surface area (Å²) in [6, 6.07) is 0. The monoisotopic (exact) mass is 211 g/mol. The number of carboxylic acid groups (broad SMARTS) is 1. The van der Waals surface area contributed by atoms with E-state index in [0.717, 1.165) is 32.2 Å². The summed E-state index contributed by atoms with van der Waals surface area (Å²) in [6.45, 7) is 1.02. The van der Waals surface area contributed by atoms with Crippen molar-refractivity contribution in [1.82, 2.24) is 4.57 Å². The number of carboxylic acids is 1. The molecule has 0 aliphatic rings. The molecular formula is C11H19N2O2+. The van der Waals surface area contributed by atoms with Gasteiger partial charge in [-0.05, 0) is 19.3 Å². The third-order valence-electron chi connectivity index (χ3n) is 2.38. The number of aromatic nitrogens is 2. The van der Waals surface area contributed by atoms with Crippen LogP contribution in [0, 0.1) is 0 Å². The molecule has 1 aromatic rings. The van der Waals surface area contributed by atoms with Crippen molar-refractivity contribution in [2.75, 3.05) is 0 Å². The molecule has 0 bridgehead atoms. The predicted octanol–water partition coefficient (Wildman–Crippen LogP) is 1.35. The number of imidazole rings is 1. The number of carbonyl (C=O) groups is 1. The Morgan fingerprint density at radius 3 is 2.67 bits per heavy atom. The highest BCUT2D eigenvalue weighted by atomic mass is 16.4. The lowest BCUT2D eigenvalue weighted by Gasteiger charge is -1.97. The van der Waals surface area contributed by atoms with Crippen LogP contribution in [0.3, 0.4) is 0 Å². The highest BCUT2D eigenvalue weighted by Gasteiger charge is 2.00. The molecule has 0 unspecified atom stereocenters. The number of nitrogens with zero attached hydrogens (tertiary/aromatic N) is 2. The van der Waals surface area contributed by atoms with E-state index in [-0.39, 0.29) is 0 Å². The molecule has 1 rings (SSSR count). The maximum Gasteiger partial charge on any atom is 0.303 e. The molecule has 4 heteroatoms. The number of unbranched alkanes of at least 4 members (excludes halogenated alkanes) is 3. The van der Waals surface area contributed by atoms with E-state index in [1.807, 2.05) is 17.8 Å². The average Bonchev–Trinajstić information content (AvgIpc) is 2.57. The summed E-state index contributed by atoms with van der Waals surface area (Å²) in [7, 11) is 2.00. The Bertz CT molecular complexity index is 307. The van der Waals surface area contributed by atoms with Crippen molar-refractivity contribution in [1.29, 1.82) is 0 Å². The van der Waals surface area contributed by atoms with Gasteiger partial charge in [-0.1, -0.05) is 6.42 Å². The van der Waals surface area contributed by atoms with Crippen LogP contribution in [0.4, 0.5) is 0 Å². The first-order chi connectivity index (χ1) is 7.18. The molecule has 1 heterocycles. The molecule has 84 valence electrons. The first-order valence-corrected chi connectivity index (χ1v) is 5.41. The van der Waals surface area contributed by atoms with Gasteiger partial charge in [-0.2, -0.15) is 0 Å². The Hall–Kier alpha value is -1.32. The molecule has 0 fully saturated rings. The first kappa shape index (κ1) is 11.8. The number of hydrogen-bond acceptors (Lipinski definition) is 1. The molecule has 0 spiro atoms. The van der Waals surface area contributed by atoms with E-state index in [0.29, 0.717) is 6.42 Å². The molecule has 0 saturated carbocycles. The fourth-order valence-corrected chi connectivity index (χ4v) is 1.56. The lowest BCUT2D eigenvalue weighted by atomic mass is 10.1. The Kier molecular flexibility index (Phi) is 4.87. The van der Waals surface area contributed by atoms with Gasteiger partial charge >= 0.3 is 5.97 Å². The maximum absolute atomic E-state index is 10.2. The standard InChI is InChI=1S/C11H18N2O2/c1-12-8-9-13(10-12)7-5-3-2-4-6-11(14)15/h8-10H,2-7H2,1H3/p+1. The topological polar surface area (TPSA) is 46.1 Å². The van der Waals surface area contributed by atoms with E-state index in [9.17, 15) is 4.79 Å². The second-order valence-electron chi connectivity index (χ2n) is 3.87. The third-order valence-corrected chi connectivity index (χ3v) is 2.38. The van der Waals surface area contributed by atoms with Crippen LogP contribution < -0.4 is 4.57 Å². The predicted molar refractivity (Wildman–Crippen MR) is 56.3 cm³/mol. The van der Waals surface area contributed by atoms with Crippen LogP contribution in [0.5, 0.6) is 0 Å².